The molecule has 0 atom stereocenters. The molecule has 0 fully saturated rings. The highest BCUT2D eigenvalue weighted by molar-refractivity contribution is 6.30. The molecule has 1 aliphatic heterocycles. The Kier molecular flexibility index (Phi) is 4.22. The zero-order valence-corrected chi connectivity index (χ0v) is 13.2. The minimum absolute atomic E-state index is 0.515. The van der Waals surface area contributed by atoms with Gasteiger partial charge in [-0.1, -0.05) is 49.7 Å². The van der Waals surface area contributed by atoms with Crippen molar-refractivity contribution in [3.05, 3.63) is 46.2 Å². The minimum atomic E-state index is 0.515. The van der Waals surface area contributed by atoms with Crippen molar-refractivity contribution in [3.8, 4) is 11.4 Å². The normalized spacial score (nSPS) is 14.3. The van der Waals surface area contributed by atoms with Crippen LogP contribution in [-0.4, -0.2) is 16.6 Å². The lowest BCUT2D eigenvalue weighted by Crippen LogP contribution is -2.14. The summed E-state index contributed by atoms with van der Waals surface area (Å²) >= 11 is 6.27. The van der Waals surface area contributed by atoms with Crippen LogP contribution in [-0.2, 0) is 24.2 Å². The summed E-state index contributed by atoms with van der Waals surface area (Å²) < 4.78 is 5.41. The summed E-state index contributed by atoms with van der Waals surface area (Å²) in [5, 5.41) is 0.515. The largest absolute Gasteiger partial charge is 0.376 e. The highest BCUT2D eigenvalue weighted by Gasteiger charge is 2.17. The molecule has 0 saturated carbocycles. The first kappa shape index (κ1) is 14.5. The molecule has 3 nitrogen and oxygen atoms in total. The van der Waals surface area contributed by atoms with Crippen LogP contribution < -0.4 is 0 Å². The summed E-state index contributed by atoms with van der Waals surface area (Å²) in [6.45, 7) is 5.67. The monoisotopic (exact) mass is 302 g/mol. The predicted octanol–water partition coefficient (Wildman–Crippen LogP) is 4.07. The van der Waals surface area contributed by atoms with Gasteiger partial charge in [0, 0.05) is 17.5 Å². The molecule has 0 saturated heterocycles. The summed E-state index contributed by atoms with van der Waals surface area (Å²) in [7, 11) is 0. The third-order valence-electron chi connectivity index (χ3n) is 3.63. The fraction of sp³-hybridized carbons (Fsp3) is 0.412. The third kappa shape index (κ3) is 3.25. The second-order valence-electron chi connectivity index (χ2n) is 5.86. The number of aromatic nitrogens is 2. The molecule has 0 aliphatic carbocycles. The Morgan fingerprint density at radius 2 is 1.95 bits per heavy atom. The molecule has 0 bridgehead atoms. The summed E-state index contributed by atoms with van der Waals surface area (Å²) in [5.41, 5.74) is 4.30. The second kappa shape index (κ2) is 6.12. The van der Waals surface area contributed by atoms with E-state index in [-0.39, 0.29) is 0 Å². The molecule has 3 rings (SSSR count). The highest BCUT2D eigenvalue weighted by Crippen LogP contribution is 2.26. The van der Waals surface area contributed by atoms with Crippen molar-refractivity contribution in [2.75, 3.05) is 6.61 Å². The number of fused-ring (bicyclic) bond motifs is 1. The Morgan fingerprint density at radius 3 is 2.67 bits per heavy atom. The van der Waals surface area contributed by atoms with Crippen LogP contribution in [0.2, 0.25) is 5.15 Å². The van der Waals surface area contributed by atoms with E-state index in [4.69, 9.17) is 16.3 Å². The van der Waals surface area contributed by atoms with E-state index in [0.29, 0.717) is 30.1 Å². The lowest BCUT2D eigenvalue weighted by atomic mass is 10.0. The summed E-state index contributed by atoms with van der Waals surface area (Å²) in [6.07, 6.45) is 1.89. The number of halogens is 1. The van der Waals surface area contributed by atoms with Gasteiger partial charge in [0.15, 0.2) is 5.82 Å². The first-order valence-electron chi connectivity index (χ1n) is 7.36. The fourth-order valence-electron chi connectivity index (χ4n) is 2.58. The summed E-state index contributed by atoms with van der Waals surface area (Å²) in [5.74, 6) is 1.36. The Labute approximate surface area is 130 Å². The third-order valence-corrected chi connectivity index (χ3v) is 3.94. The minimum Gasteiger partial charge on any atom is -0.376 e. The molecule has 2 aromatic rings. The predicted molar refractivity (Wildman–Crippen MR) is 84.4 cm³/mol. The quantitative estimate of drug-likeness (QED) is 0.802. The average Bonchev–Trinajstić information content (AvgIpc) is 2.47. The standard InChI is InChI=1S/C17H19ClN2O/c1-11(2)9-12-3-5-13(6-4-12)17-19-15-7-8-21-10-14(15)16(18)20-17/h3-6,11H,7-10H2,1-2H3. The topological polar surface area (TPSA) is 35.0 Å². The van der Waals surface area contributed by atoms with Gasteiger partial charge in [-0.25, -0.2) is 9.97 Å². The van der Waals surface area contributed by atoms with Gasteiger partial charge in [0.1, 0.15) is 5.15 Å². The Hall–Kier alpha value is -1.45. The van der Waals surface area contributed by atoms with E-state index < -0.39 is 0 Å². The van der Waals surface area contributed by atoms with E-state index in [2.05, 4.69) is 48.1 Å². The van der Waals surface area contributed by atoms with Gasteiger partial charge >= 0.3 is 0 Å². The van der Waals surface area contributed by atoms with Crippen molar-refractivity contribution in [2.45, 2.75) is 33.3 Å². The van der Waals surface area contributed by atoms with Crippen LogP contribution in [0.25, 0.3) is 11.4 Å². The van der Waals surface area contributed by atoms with E-state index >= 15 is 0 Å². The molecule has 2 heterocycles. The first-order valence-corrected chi connectivity index (χ1v) is 7.73. The van der Waals surface area contributed by atoms with Gasteiger partial charge in [-0.3, -0.25) is 0 Å². The van der Waals surface area contributed by atoms with Crippen LogP contribution in [0.3, 0.4) is 0 Å². The molecular weight excluding hydrogens is 284 g/mol. The molecule has 1 aromatic heterocycles. The molecule has 0 spiro atoms. The maximum atomic E-state index is 6.27. The van der Waals surface area contributed by atoms with Crippen LogP contribution in [0.4, 0.5) is 0 Å². The smallest absolute Gasteiger partial charge is 0.161 e. The molecular formula is C17H19ClN2O. The van der Waals surface area contributed by atoms with E-state index in [1.807, 2.05) is 0 Å². The van der Waals surface area contributed by atoms with Crippen molar-refractivity contribution < 1.29 is 4.74 Å². The van der Waals surface area contributed by atoms with Gasteiger partial charge in [0.25, 0.3) is 0 Å². The van der Waals surface area contributed by atoms with E-state index in [0.717, 1.165) is 29.7 Å². The number of hydrogen-bond acceptors (Lipinski definition) is 3. The van der Waals surface area contributed by atoms with Crippen molar-refractivity contribution in [1.82, 2.24) is 9.97 Å². The molecule has 0 unspecified atom stereocenters. The van der Waals surface area contributed by atoms with E-state index in [9.17, 15) is 0 Å². The number of hydrogen-bond donors (Lipinski definition) is 0. The van der Waals surface area contributed by atoms with E-state index in [1.54, 1.807) is 0 Å². The van der Waals surface area contributed by atoms with Gasteiger partial charge in [0.05, 0.1) is 18.9 Å². The fourth-order valence-corrected chi connectivity index (χ4v) is 2.83. The van der Waals surface area contributed by atoms with E-state index in [1.165, 1.54) is 5.56 Å². The molecule has 0 amide bonds. The molecule has 110 valence electrons. The number of benzene rings is 1. The lowest BCUT2D eigenvalue weighted by molar-refractivity contribution is 0.109. The summed E-state index contributed by atoms with van der Waals surface area (Å²) in [4.78, 5) is 9.08. The average molecular weight is 303 g/mol. The number of ether oxygens (including phenoxy) is 1. The molecule has 21 heavy (non-hydrogen) atoms. The SMILES string of the molecule is CC(C)Cc1ccc(-c2nc(Cl)c3c(n2)CCOC3)cc1. The molecule has 1 aliphatic rings. The van der Waals surface area contributed by atoms with Crippen molar-refractivity contribution in [2.24, 2.45) is 5.92 Å². The van der Waals surface area contributed by atoms with Crippen LogP contribution in [0.15, 0.2) is 24.3 Å². The van der Waals surface area contributed by atoms with Crippen LogP contribution in [0.1, 0.15) is 30.7 Å². The van der Waals surface area contributed by atoms with Gasteiger partial charge in [-0.15, -0.1) is 0 Å². The van der Waals surface area contributed by atoms with Gasteiger partial charge < -0.3 is 4.74 Å². The number of rotatable bonds is 3. The molecule has 0 N–H and O–H groups in total. The highest BCUT2D eigenvalue weighted by atomic mass is 35.5. The maximum absolute atomic E-state index is 6.27. The maximum Gasteiger partial charge on any atom is 0.161 e. The Morgan fingerprint density at radius 1 is 1.19 bits per heavy atom. The second-order valence-corrected chi connectivity index (χ2v) is 6.22. The van der Waals surface area contributed by atoms with Gasteiger partial charge in [-0.05, 0) is 17.9 Å². The number of nitrogens with zero attached hydrogens (tertiary/aromatic N) is 2. The Bertz CT molecular complexity index is 638. The van der Waals surface area contributed by atoms with Crippen molar-refractivity contribution in [1.29, 1.82) is 0 Å². The van der Waals surface area contributed by atoms with Crippen LogP contribution in [0.5, 0.6) is 0 Å². The van der Waals surface area contributed by atoms with Crippen molar-refractivity contribution in [3.63, 3.8) is 0 Å². The molecule has 0 radical (unpaired) electrons. The zero-order chi connectivity index (χ0) is 14.8. The van der Waals surface area contributed by atoms with Crippen LogP contribution >= 0.6 is 11.6 Å². The first-order chi connectivity index (χ1) is 10.1. The zero-order valence-electron chi connectivity index (χ0n) is 12.4. The molecule has 4 heteroatoms. The summed E-state index contributed by atoms with van der Waals surface area (Å²) in [6, 6.07) is 8.45. The van der Waals surface area contributed by atoms with Gasteiger partial charge in [0.2, 0.25) is 0 Å². The molecule has 1 aromatic carbocycles. The van der Waals surface area contributed by atoms with Crippen LogP contribution in [0, 0.1) is 5.92 Å². The lowest BCUT2D eigenvalue weighted by Gasteiger charge is -2.17. The van der Waals surface area contributed by atoms with Crippen molar-refractivity contribution >= 4 is 11.6 Å². The Balaban J connectivity index is 1.91. The van der Waals surface area contributed by atoms with Gasteiger partial charge in [-0.2, -0.15) is 0 Å².